The van der Waals surface area contributed by atoms with E-state index in [1.54, 1.807) is 0 Å². The van der Waals surface area contributed by atoms with Crippen LogP contribution in [-0.4, -0.2) is 6.71 Å². The smallest absolute Gasteiger partial charge is 0.252 e. The van der Waals surface area contributed by atoms with E-state index in [4.69, 9.17) is 0 Å². The summed E-state index contributed by atoms with van der Waals surface area (Å²) in [7, 11) is 0. The molecule has 0 unspecified atom stereocenters. The van der Waals surface area contributed by atoms with Gasteiger partial charge in [-0.3, -0.25) is 0 Å². The van der Waals surface area contributed by atoms with Crippen LogP contribution in [0.15, 0.2) is 188 Å². The number of aryl methyl sites for hydroxylation is 2. The monoisotopic (exact) mass is 747 g/mol. The average Bonchev–Trinajstić information content (AvgIpc) is 3.25. The predicted molar refractivity (Wildman–Crippen MR) is 249 cm³/mol. The highest BCUT2D eigenvalue weighted by Crippen LogP contribution is 2.49. The number of anilines is 9. The summed E-state index contributed by atoms with van der Waals surface area (Å²) in [5.41, 5.74) is 20.5. The van der Waals surface area contributed by atoms with Gasteiger partial charge in [0.15, 0.2) is 0 Å². The van der Waals surface area contributed by atoms with E-state index in [1.807, 2.05) is 0 Å². The van der Waals surface area contributed by atoms with Crippen molar-refractivity contribution in [3.8, 4) is 11.1 Å². The summed E-state index contributed by atoms with van der Waals surface area (Å²) in [4.78, 5) is 7.48. The van der Waals surface area contributed by atoms with Gasteiger partial charge in [-0.15, -0.1) is 0 Å². The van der Waals surface area contributed by atoms with E-state index in [9.17, 15) is 0 Å². The van der Waals surface area contributed by atoms with Crippen LogP contribution in [0.25, 0.3) is 11.1 Å². The number of para-hydroxylation sites is 3. The minimum atomic E-state index is -0.0291. The molecular weight excluding hydrogens is 701 g/mol. The van der Waals surface area contributed by atoms with Crippen molar-refractivity contribution in [2.45, 2.75) is 40.0 Å². The number of nitrogens with zero attached hydrogens (tertiary/aromatic N) is 3. The van der Waals surface area contributed by atoms with Gasteiger partial charge in [-0.2, -0.15) is 0 Å². The molecule has 3 nitrogen and oxygen atoms in total. The SMILES string of the molecule is Cc1ccc(N2c3ccc(C)cc3B3c4cc(C(C)(C)C)ccc4N(c4ccccc4-c4ccccc4)c4cc(N(c5ccccc5)c5ccccc5)cc2c43)cc1. The molecule has 0 radical (unpaired) electrons. The van der Waals surface area contributed by atoms with E-state index in [-0.39, 0.29) is 12.1 Å². The van der Waals surface area contributed by atoms with Crippen molar-refractivity contribution < 1.29 is 0 Å². The lowest BCUT2D eigenvalue weighted by Crippen LogP contribution is -2.61. The number of fused-ring (bicyclic) bond motifs is 4. The first kappa shape index (κ1) is 35.6. The molecule has 2 heterocycles. The van der Waals surface area contributed by atoms with Crippen LogP contribution < -0.4 is 31.1 Å². The van der Waals surface area contributed by atoms with Crippen molar-refractivity contribution in [3.63, 3.8) is 0 Å². The molecule has 0 bridgehead atoms. The second-order valence-electron chi connectivity index (χ2n) is 16.8. The highest BCUT2D eigenvalue weighted by Gasteiger charge is 2.44. The summed E-state index contributed by atoms with van der Waals surface area (Å²) in [6.45, 7) is 11.4. The highest BCUT2D eigenvalue weighted by molar-refractivity contribution is 7.00. The minimum Gasteiger partial charge on any atom is -0.311 e. The largest absolute Gasteiger partial charge is 0.311 e. The summed E-state index contributed by atoms with van der Waals surface area (Å²) in [5.74, 6) is 0. The molecule has 58 heavy (non-hydrogen) atoms. The lowest BCUT2D eigenvalue weighted by molar-refractivity contribution is 0.591. The number of benzene rings is 8. The number of hydrogen-bond acceptors (Lipinski definition) is 3. The maximum atomic E-state index is 2.56. The van der Waals surface area contributed by atoms with Crippen LogP contribution in [0, 0.1) is 13.8 Å². The molecule has 8 aromatic carbocycles. The fourth-order valence-corrected chi connectivity index (χ4v) is 9.07. The van der Waals surface area contributed by atoms with Crippen LogP contribution in [0.2, 0.25) is 0 Å². The fraction of sp³-hybridized carbons (Fsp3) is 0.111. The first-order valence-electron chi connectivity index (χ1n) is 20.4. The van der Waals surface area contributed by atoms with Crippen molar-refractivity contribution in [1.29, 1.82) is 0 Å². The van der Waals surface area contributed by atoms with Gasteiger partial charge in [-0.05, 0) is 114 Å². The van der Waals surface area contributed by atoms with Crippen molar-refractivity contribution >= 4 is 74.3 Å². The van der Waals surface area contributed by atoms with Crippen LogP contribution in [0.5, 0.6) is 0 Å². The van der Waals surface area contributed by atoms with Crippen molar-refractivity contribution in [1.82, 2.24) is 0 Å². The van der Waals surface area contributed by atoms with E-state index < -0.39 is 0 Å². The van der Waals surface area contributed by atoms with Crippen molar-refractivity contribution in [3.05, 3.63) is 205 Å². The van der Waals surface area contributed by atoms with E-state index >= 15 is 0 Å². The Hall–Kier alpha value is -6.78. The molecule has 280 valence electrons. The molecule has 0 saturated heterocycles. The van der Waals surface area contributed by atoms with E-state index in [1.165, 1.54) is 67.0 Å². The Morgan fingerprint density at radius 1 is 0.431 bits per heavy atom. The highest BCUT2D eigenvalue weighted by atomic mass is 15.2. The molecule has 10 rings (SSSR count). The Morgan fingerprint density at radius 3 is 1.62 bits per heavy atom. The third-order valence-electron chi connectivity index (χ3n) is 11.9. The molecule has 0 N–H and O–H groups in total. The summed E-state index contributed by atoms with van der Waals surface area (Å²) in [5, 5.41) is 0. The Labute approximate surface area is 343 Å². The maximum absolute atomic E-state index is 2.56. The molecule has 0 aliphatic carbocycles. The van der Waals surface area contributed by atoms with Crippen molar-refractivity contribution in [2.75, 3.05) is 14.7 Å². The average molecular weight is 748 g/mol. The topological polar surface area (TPSA) is 9.72 Å². The van der Waals surface area contributed by atoms with Crippen LogP contribution in [0.1, 0.15) is 37.5 Å². The molecule has 0 aromatic heterocycles. The Kier molecular flexibility index (Phi) is 8.60. The summed E-state index contributed by atoms with van der Waals surface area (Å²) in [6.07, 6.45) is 0. The first-order valence-corrected chi connectivity index (χ1v) is 20.4. The normalized spacial score (nSPS) is 12.8. The quantitative estimate of drug-likeness (QED) is 0.157. The molecule has 0 amide bonds. The molecule has 0 atom stereocenters. The van der Waals surface area contributed by atoms with Crippen LogP contribution in [-0.2, 0) is 5.41 Å². The molecule has 0 spiro atoms. The zero-order chi connectivity index (χ0) is 39.5. The lowest BCUT2D eigenvalue weighted by atomic mass is 9.33. The lowest BCUT2D eigenvalue weighted by Gasteiger charge is -2.45. The molecule has 0 saturated carbocycles. The van der Waals surface area contributed by atoms with Gasteiger partial charge in [-0.1, -0.05) is 153 Å². The Balaban J connectivity index is 1.36. The third kappa shape index (κ3) is 5.99. The van der Waals surface area contributed by atoms with Gasteiger partial charge in [0.25, 0.3) is 6.71 Å². The Morgan fingerprint density at radius 2 is 0.966 bits per heavy atom. The molecule has 2 aliphatic heterocycles. The van der Waals surface area contributed by atoms with Gasteiger partial charge in [0.2, 0.25) is 0 Å². The number of rotatable bonds is 6. The van der Waals surface area contributed by atoms with Crippen LogP contribution >= 0.6 is 0 Å². The maximum Gasteiger partial charge on any atom is 0.252 e. The Bertz CT molecular complexity index is 2750. The summed E-state index contributed by atoms with van der Waals surface area (Å²) < 4.78 is 0. The zero-order valence-corrected chi connectivity index (χ0v) is 33.8. The van der Waals surface area contributed by atoms with Crippen LogP contribution in [0.4, 0.5) is 51.2 Å². The fourth-order valence-electron chi connectivity index (χ4n) is 9.07. The molecule has 2 aliphatic rings. The van der Waals surface area contributed by atoms with Gasteiger partial charge < -0.3 is 14.7 Å². The minimum absolute atomic E-state index is 0.00925. The first-order chi connectivity index (χ1) is 28.2. The van der Waals surface area contributed by atoms with E-state index in [0.717, 1.165) is 28.4 Å². The predicted octanol–water partition coefficient (Wildman–Crippen LogP) is 12.8. The molecule has 8 aromatic rings. The van der Waals surface area contributed by atoms with Gasteiger partial charge in [0.05, 0.1) is 11.4 Å². The zero-order valence-electron chi connectivity index (χ0n) is 33.8. The van der Waals surface area contributed by atoms with Crippen molar-refractivity contribution in [2.24, 2.45) is 0 Å². The van der Waals surface area contributed by atoms with Gasteiger partial charge in [-0.25, -0.2) is 0 Å². The summed E-state index contributed by atoms with van der Waals surface area (Å²) >= 11 is 0. The summed E-state index contributed by atoms with van der Waals surface area (Å²) in [6, 6.07) is 69.5. The standard InChI is InChI=1S/C54H46BN3/c1-37-25-29-43(30-26-37)57-49-31-27-38(2)33-46(49)55-47-34-40(54(3,4)5)28-32-50(47)58(48-24-16-15-23-45(48)39-17-9-6-10-18-39)52-36-44(35-51(57)53(52)55)56(41-19-11-7-12-20-41)42-21-13-8-14-22-42/h6-36H,1-5H3. The second kappa shape index (κ2) is 14.0. The van der Waals surface area contributed by atoms with Gasteiger partial charge in [0, 0.05) is 45.4 Å². The second-order valence-corrected chi connectivity index (χ2v) is 16.8. The molecule has 0 fully saturated rings. The molecule has 4 heteroatoms. The number of hydrogen-bond donors (Lipinski definition) is 0. The van der Waals surface area contributed by atoms with Crippen LogP contribution in [0.3, 0.4) is 0 Å². The molecular formula is C54H46BN3. The van der Waals surface area contributed by atoms with Gasteiger partial charge in [0.1, 0.15) is 0 Å². The van der Waals surface area contributed by atoms with E-state index in [0.29, 0.717) is 0 Å². The van der Waals surface area contributed by atoms with Gasteiger partial charge >= 0.3 is 0 Å². The third-order valence-corrected chi connectivity index (χ3v) is 11.9. The van der Waals surface area contributed by atoms with E-state index in [2.05, 4.69) is 237 Å².